The Bertz CT molecular complexity index is 664. The van der Waals surface area contributed by atoms with E-state index in [4.69, 9.17) is 5.26 Å². The zero-order valence-electron chi connectivity index (χ0n) is 9.50. The van der Waals surface area contributed by atoms with Crippen molar-refractivity contribution >= 4 is 33.1 Å². The highest BCUT2D eigenvalue weighted by atomic mass is 79.9. The summed E-state index contributed by atoms with van der Waals surface area (Å²) in [5.41, 5.74) is 1.44. The maximum atomic E-state index is 10.9. The van der Waals surface area contributed by atoms with Gasteiger partial charge in [-0.2, -0.15) is 5.26 Å². The van der Waals surface area contributed by atoms with Gasteiger partial charge in [-0.25, -0.2) is 0 Å². The predicted molar refractivity (Wildman–Crippen MR) is 73.0 cm³/mol. The third-order valence-corrected chi connectivity index (χ3v) is 2.73. The minimum absolute atomic E-state index is 0.257. The van der Waals surface area contributed by atoms with Crippen LogP contribution in [0.1, 0.15) is 5.56 Å². The number of halogens is 1. The van der Waals surface area contributed by atoms with Crippen molar-refractivity contribution in [3.05, 3.63) is 56.7 Å². The van der Waals surface area contributed by atoms with Crippen LogP contribution in [0.3, 0.4) is 0 Å². The molecule has 1 aromatic carbocycles. The lowest BCUT2D eigenvalue weighted by Crippen LogP contribution is -1.99. The molecule has 0 fully saturated rings. The number of hydrogen-bond donors (Lipinski definition) is 1. The van der Waals surface area contributed by atoms with Crippen LogP contribution < -0.4 is 5.32 Å². The Morgan fingerprint density at radius 1 is 1.37 bits per heavy atom. The van der Waals surface area contributed by atoms with E-state index in [1.807, 2.05) is 6.07 Å². The highest BCUT2D eigenvalue weighted by Crippen LogP contribution is 2.28. The molecule has 0 aliphatic rings. The molecule has 0 bridgehead atoms. The maximum absolute atomic E-state index is 10.9. The van der Waals surface area contributed by atoms with Crippen molar-refractivity contribution < 1.29 is 4.92 Å². The number of benzene rings is 1. The van der Waals surface area contributed by atoms with Gasteiger partial charge in [-0.1, -0.05) is 0 Å². The first kappa shape index (κ1) is 13.0. The summed E-state index contributed by atoms with van der Waals surface area (Å²) >= 11 is 3.21. The van der Waals surface area contributed by atoms with Crippen LogP contribution in [-0.2, 0) is 0 Å². The Labute approximate surface area is 117 Å². The van der Waals surface area contributed by atoms with Gasteiger partial charge in [0.2, 0.25) is 0 Å². The fourth-order valence-corrected chi connectivity index (χ4v) is 1.78. The molecule has 1 N–H and O–H groups in total. The van der Waals surface area contributed by atoms with Crippen molar-refractivity contribution in [1.29, 1.82) is 5.26 Å². The van der Waals surface area contributed by atoms with Gasteiger partial charge in [-0.3, -0.25) is 0 Å². The lowest BCUT2D eigenvalue weighted by molar-refractivity contribution is -0.388. The van der Waals surface area contributed by atoms with E-state index in [1.54, 1.807) is 30.3 Å². The van der Waals surface area contributed by atoms with Crippen LogP contribution in [0.4, 0.5) is 17.2 Å². The van der Waals surface area contributed by atoms with Crippen LogP contribution in [0, 0.1) is 21.4 Å². The number of pyridine rings is 1. The first-order valence-corrected chi connectivity index (χ1v) is 5.96. The molecule has 0 amide bonds. The minimum atomic E-state index is -0.557. The largest absolute Gasteiger partial charge is 0.387 e. The predicted octanol–water partition coefficient (Wildman–Crippen LogP) is 3.37. The van der Waals surface area contributed by atoms with Gasteiger partial charge in [0.1, 0.15) is 5.69 Å². The van der Waals surface area contributed by atoms with Crippen molar-refractivity contribution in [1.82, 2.24) is 4.98 Å². The average molecular weight is 319 g/mol. The third-order valence-electron chi connectivity index (χ3n) is 2.30. The van der Waals surface area contributed by atoms with E-state index in [0.29, 0.717) is 15.7 Å². The molecule has 6 nitrogen and oxygen atoms in total. The number of nitriles is 1. The number of nitro groups is 1. The summed E-state index contributed by atoms with van der Waals surface area (Å²) in [5.74, 6) is -0.257. The molecule has 2 rings (SSSR count). The number of nitrogens with zero attached hydrogens (tertiary/aromatic N) is 3. The Morgan fingerprint density at radius 3 is 2.63 bits per heavy atom. The number of rotatable bonds is 3. The zero-order valence-corrected chi connectivity index (χ0v) is 11.1. The molecule has 94 valence electrons. The molecule has 0 saturated carbocycles. The molecule has 1 heterocycles. The van der Waals surface area contributed by atoms with Gasteiger partial charge in [0, 0.05) is 5.69 Å². The van der Waals surface area contributed by atoms with Gasteiger partial charge in [-0.05, 0) is 56.2 Å². The molecule has 0 unspecified atom stereocenters. The molecule has 7 heteroatoms. The summed E-state index contributed by atoms with van der Waals surface area (Å²) in [6.45, 7) is 0. The Hall–Kier alpha value is -2.46. The number of aromatic nitrogens is 1. The molecule has 0 aliphatic heterocycles. The maximum Gasteiger partial charge on any atom is 0.387 e. The van der Waals surface area contributed by atoms with Gasteiger partial charge in [0.05, 0.1) is 16.1 Å². The number of anilines is 2. The van der Waals surface area contributed by atoms with Crippen LogP contribution in [0.25, 0.3) is 0 Å². The van der Waals surface area contributed by atoms with Crippen LogP contribution >= 0.6 is 15.9 Å². The monoisotopic (exact) mass is 318 g/mol. The first-order chi connectivity index (χ1) is 9.10. The lowest BCUT2D eigenvalue weighted by Gasteiger charge is -2.06. The summed E-state index contributed by atoms with van der Waals surface area (Å²) in [6.07, 6.45) is 1.36. The van der Waals surface area contributed by atoms with E-state index < -0.39 is 4.92 Å². The molecule has 0 saturated heterocycles. The molecular weight excluding hydrogens is 312 g/mol. The van der Waals surface area contributed by atoms with Gasteiger partial charge in [0.15, 0.2) is 6.20 Å². The molecule has 0 atom stereocenters. The first-order valence-electron chi connectivity index (χ1n) is 5.17. The van der Waals surface area contributed by atoms with E-state index in [2.05, 4.69) is 26.2 Å². The fraction of sp³-hybridized carbons (Fsp3) is 0. The van der Waals surface area contributed by atoms with E-state index in [-0.39, 0.29) is 11.5 Å². The van der Waals surface area contributed by atoms with Crippen molar-refractivity contribution in [3.63, 3.8) is 0 Å². The second kappa shape index (κ2) is 5.46. The summed E-state index contributed by atoms with van der Waals surface area (Å²) in [5, 5.41) is 22.5. The van der Waals surface area contributed by atoms with Crippen LogP contribution in [-0.4, -0.2) is 9.91 Å². The van der Waals surface area contributed by atoms with Crippen LogP contribution in [0.2, 0.25) is 0 Å². The third kappa shape index (κ3) is 3.05. The van der Waals surface area contributed by atoms with Crippen molar-refractivity contribution in [2.24, 2.45) is 0 Å². The molecule has 0 spiro atoms. The standard InChI is InChI=1S/C12H7BrN4O2/c13-9-5-11(12(15-7-9)17(18)19)16-10-3-1-8(6-14)2-4-10/h1-5,7,16H. The van der Waals surface area contributed by atoms with Crippen molar-refractivity contribution in [2.45, 2.75) is 0 Å². The molecule has 19 heavy (non-hydrogen) atoms. The summed E-state index contributed by atoms with van der Waals surface area (Å²) < 4.78 is 0.634. The van der Waals surface area contributed by atoms with E-state index in [0.717, 1.165) is 0 Å². The SMILES string of the molecule is N#Cc1ccc(Nc2cc(Br)cnc2[N+](=O)[O-])cc1. The molecule has 0 radical (unpaired) electrons. The molecule has 1 aromatic heterocycles. The van der Waals surface area contributed by atoms with Crippen molar-refractivity contribution in [3.8, 4) is 6.07 Å². The average Bonchev–Trinajstić information content (AvgIpc) is 2.39. The smallest absolute Gasteiger partial charge is 0.358 e. The van der Waals surface area contributed by atoms with Crippen LogP contribution in [0.15, 0.2) is 41.0 Å². The number of hydrogen-bond acceptors (Lipinski definition) is 5. The quantitative estimate of drug-likeness (QED) is 0.692. The Balaban J connectivity index is 2.34. The Kier molecular flexibility index (Phi) is 3.73. The minimum Gasteiger partial charge on any atom is -0.358 e. The fourth-order valence-electron chi connectivity index (χ4n) is 1.45. The number of nitrogens with one attached hydrogen (secondary N) is 1. The summed E-state index contributed by atoms with van der Waals surface area (Å²) in [4.78, 5) is 14.1. The van der Waals surface area contributed by atoms with Gasteiger partial charge < -0.3 is 15.4 Å². The van der Waals surface area contributed by atoms with E-state index in [9.17, 15) is 10.1 Å². The van der Waals surface area contributed by atoms with Gasteiger partial charge >= 0.3 is 5.82 Å². The van der Waals surface area contributed by atoms with Gasteiger partial charge in [0.25, 0.3) is 0 Å². The van der Waals surface area contributed by atoms with Gasteiger partial charge in [-0.15, -0.1) is 0 Å². The second-order valence-electron chi connectivity index (χ2n) is 3.60. The Morgan fingerprint density at radius 2 is 2.05 bits per heavy atom. The highest BCUT2D eigenvalue weighted by molar-refractivity contribution is 9.10. The topological polar surface area (TPSA) is 91.8 Å². The van der Waals surface area contributed by atoms with E-state index in [1.165, 1.54) is 6.20 Å². The molecule has 0 aliphatic carbocycles. The normalized spacial score (nSPS) is 9.68. The zero-order chi connectivity index (χ0) is 13.8. The molecular formula is C12H7BrN4O2. The van der Waals surface area contributed by atoms with E-state index >= 15 is 0 Å². The molecule has 2 aromatic rings. The van der Waals surface area contributed by atoms with Crippen LogP contribution in [0.5, 0.6) is 0 Å². The van der Waals surface area contributed by atoms with Crippen molar-refractivity contribution in [2.75, 3.05) is 5.32 Å². The lowest BCUT2D eigenvalue weighted by atomic mass is 10.2. The highest BCUT2D eigenvalue weighted by Gasteiger charge is 2.15. The summed E-state index contributed by atoms with van der Waals surface area (Å²) in [6, 6.07) is 10.2. The summed E-state index contributed by atoms with van der Waals surface area (Å²) in [7, 11) is 0. The second-order valence-corrected chi connectivity index (χ2v) is 4.51.